The van der Waals surface area contributed by atoms with Crippen molar-refractivity contribution in [3.63, 3.8) is 0 Å². The van der Waals surface area contributed by atoms with Crippen molar-refractivity contribution in [2.24, 2.45) is 0 Å². The highest BCUT2D eigenvalue weighted by atomic mass is 35.5. The van der Waals surface area contributed by atoms with Gasteiger partial charge in [0.05, 0.1) is 9.72 Å². The second-order valence-corrected chi connectivity index (χ2v) is 6.68. The van der Waals surface area contributed by atoms with Crippen LogP contribution in [0.15, 0.2) is 18.2 Å². The van der Waals surface area contributed by atoms with Gasteiger partial charge in [-0.3, -0.25) is 0 Å². The van der Waals surface area contributed by atoms with E-state index in [1.807, 2.05) is 12.1 Å². The standard InChI is InChI=1S/C14H18ClN3S/c1-17(2)10-6-8-18(9-7-10)14-16-13-11(15)4-3-5-12(13)19-14/h3-5,10H,6-9H2,1-2H3. The first-order valence-corrected chi connectivity index (χ1v) is 7.81. The van der Waals surface area contributed by atoms with Gasteiger partial charge in [-0.25, -0.2) is 4.98 Å². The van der Waals surface area contributed by atoms with E-state index < -0.39 is 0 Å². The Kier molecular flexibility index (Phi) is 3.65. The minimum atomic E-state index is 0.703. The number of benzene rings is 1. The fourth-order valence-corrected chi connectivity index (χ4v) is 3.93. The molecule has 0 atom stereocenters. The number of rotatable bonds is 2. The molecule has 0 saturated carbocycles. The lowest BCUT2D eigenvalue weighted by Gasteiger charge is -2.34. The number of hydrogen-bond acceptors (Lipinski definition) is 4. The zero-order valence-corrected chi connectivity index (χ0v) is 12.8. The summed E-state index contributed by atoms with van der Waals surface area (Å²) in [7, 11) is 4.33. The number of halogens is 1. The number of anilines is 1. The van der Waals surface area contributed by atoms with E-state index in [2.05, 4.69) is 30.0 Å². The van der Waals surface area contributed by atoms with Gasteiger partial charge >= 0.3 is 0 Å². The normalized spacial score (nSPS) is 17.6. The van der Waals surface area contributed by atoms with Gasteiger partial charge in [0.25, 0.3) is 0 Å². The first-order valence-electron chi connectivity index (χ1n) is 6.61. The molecule has 3 rings (SSSR count). The predicted octanol–water partition coefficient (Wildman–Crippen LogP) is 3.48. The molecule has 1 saturated heterocycles. The molecule has 3 nitrogen and oxygen atoms in total. The van der Waals surface area contributed by atoms with Crippen LogP contribution in [0.4, 0.5) is 5.13 Å². The smallest absolute Gasteiger partial charge is 0.186 e. The minimum absolute atomic E-state index is 0.703. The monoisotopic (exact) mass is 295 g/mol. The number of nitrogens with zero attached hydrogens (tertiary/aromatic N) is 3. The Hall–Kier alpha value is -0.840. The third-order valence-electron chi connectivity index (χ3n) is 3.82. The van der Waals surface area contributed by atoms with Gasteiger partial charge in [0.2, 0.25) is 0 Å². The molecule has 1 aromatic carbocycles. The molecule has 1 aromatic heterocycles. The third-order valence-corrected chi connectivity index (χ3v) is 5.21. The molecule has 1 aliphatic rings. The van der Waals surface area contributed by atoms with Crippen molar-refractivity contribution in [2.75, 3.05) is 32.1 Å². The molecule has 2 aromatic rings. The van der Waals surface area contributed by atoms with Crippen molar-refractivity contribution in [2.45, 2.75) is 18.9 Å². The molecule has 0 radical (unpaired) electrons. The molecule has 0 bridgehead atoms. The first kappa shape index (κ1) is 13.2. The zero-order valence-electron chi connectivity index (χ0n) is 11.3. The van der Waals surface area contributed by atoms with E-state index in [-0.39, 0.29) is 0 Å². The molecule has 0 spiro atoms. The number of thiazole rings is 1. The fraction of sp³-hybridized carbons (Fsp3) is 0.500. The van der Waals surface area contributed by atoms with Crippen molar-refractivity contribution in [3.05, 3.63) is 23.2 Å². The lowest BCUT2D eigenvalue weighted by Crippen LogP contribution is -2.41. The maximum absolute atomic E-state index is 6.19. The van der Waals surface area contributed by atoms with E-state index in [1.165, 1.54) is 17.5 Å². The van der Waals surface area contributed by atoms with E-state index in [0.717, 1.165) is 28.8 Å². The van der Waals surface area contributed by atoms with E-state index in [9.17, 15) is 0 Å². The zero-order chi connectivity index (χ0) is 13.4. The van der Waals surface area contributed by atoms with Crippen LogP contribution in [-0.4, -0.2) is 43.1 Å². The summed E-state index contributed by atoms with van der Waals surface area (Å²) in [6.07, 6.45) is 2.41. The van der Waals surface area contributed by atoms with Crippen molar-refractivity contribution >= 4 is 38.3 Å². The molecule has 0 N–H and O–H groups in total. The Bertz CT molecular complexity index is 573. The van der Waals surface area contributed by atoms with Gasteiger partial charge in [-0.1, -0.05) is 29.0 Å². The SMILES string of the molecule is CN(C)C1CCN(c2nc3c(Cl)cccc3s2)CC1. The summed E-state index contributed by atoms with van der Waals surface area (Å²) in [5, 5.41) is 1.86. The quantitative estimate of drug-likeness (QED) is 0.845. The van der Waals surface area contributed by atoms with Gasteiger partial charge in [-0.15, -0.1) is 0 Å². The van der Waals surface area contributed by atoms with E-state index in [4.69, 9.17) is 16.6 Å². The van der Waals surface area contributed by atoms with Gasteiger partial charge in [-0.05, 0) is 39.1 Å². The molecular weight excluding hydrogens is 278 g/mol. The Morgan fingerprint density at radius 1 is 1.32 bits per heavy atom. The highest BCUT2D eigenvalue weighted by Crippen LogP contribution is 2.34. The molecule has 2 heterocycles. The largest absolute Gasteiger partial charge is 0.348 e. The van der Waals surface area contributed by atoms with Crippen LogP contribution in [0.3, 0.4) is 0 Å². The van der Waals surface area contributed by atoms with Crippen molar-refractivity contribution in [3.8, 4) is 0 Å². The molecule has 1 fully saturated rings. The van der Waals surface area contributed by atoms with Crippen molar-refractivity contribution < 1.29 is 0 Å². The van der Waals surface area contributed by atoms with Gasteiger partial charge in [0, 0.05) is 19.1 Å². The Balaban J connectivity index is 1.80. The van der Waals surface area contributed by atoms with Gasteiger partial charge in [0.15, 0.2) is 5.13 Å². The summed E-state index contributed by atoms with van der Waals surface area (Å²) < 4.78 is 1.18. The Labute approximate surface area is 122 Å². The second kappa shape index (κ2) is 5.27. The summed E-state index contributed by atoms with van der Waals surface area (Å²) in [6.45, 7) is 2.17. The van der Waals surface area contributed by atoms with Crippen LogP contribution in [0.1, 0.15) is 12.8 Å². The van der Waals surface area contributed by atoms with Crippen molar-refractivity contribution in [1.82, 2.24) is 9.88 Å². The van der Waals surface area contributed by atoms with Crippen LogP contribution >= 0.6 is 22.9 Å². The van der Waals surface area contributed by atoms with Crippen molar-refractivity contribution in [1.29, 1.82) is 0 Å². The number of aromatic nitrogens is 1. The maximum atomic E-state index is 6.19. The second-order valence-electron chi connectivity index (χ2n) is 5.26. The van der Waals surface area contributed by atoms with Crippen LogP contribution in [0.2, 0.25) is 5.02 Å². The van der Waals surface area contributed by atoms with Gasteiger partial charge < -0.3 is 9.80 Å². The Morgan fingerprint density at radius 2 is 2.05 bits per heavy atom. The molecular formula is C14H18ClN3S. The molecule has 1 aliphatic heterocycles. The van der Waals surface area contributed by atoms with Crippen LogP contribution in [-0.2, 0) is 0 Å². The average Bonchev–Trinajstić information content (AvgIpc) is 2.84. The molecule has 0 amide bonds. The average molecular weight is 296 g/mol. The third kappa shape index (κ3) is 2.57. The topological polar surface area (TPSA) is 19.4 Å². The van der Waals surface area contributed by atoms with E-state index in [1.54, 1.807) is 11.3 Å². The first-order chi connectivity index (χ1) is 9.15. The van der Waals surface area contributed by atoms with Crippen LogP contribution < -0.4 is 4.90 Å². The Morgan fingerprint density at radius 3 is 2.68 bits per heavy atom. The highest BCUT2D eigenvalue weighted by molar-refractivity contribution is 7.22. The molecule has 102 valence electrons. The summed E-state index contributed by atoms with van der Waals surface area (Å²) in [4.78, 5) is 9.42. The van der Waals surface area contributed by atoms with Crippen LogP contribution in [0.5, 0.6) is 0 Å². The fourth-order valence-electron chi connectivity index (χ4n) is 2.61. The molecule has 19 heavy (non-hydrogen) atoms. The number of hydrogen-bond donors (Lipinski definition) is 0. The lowest BCUT2D eigenvalue weighted by molar-refractivity contribution is 0.249. The van der Waals surface area contributed by atoms with Crippen LogP contribution in [0, 0.1) is 0 Å². The van der Waals surface area contributed by atoms with E-state index in [0.29, 0.717) is 6.04 Å². The summed E-state index contributed by atoms with van der Waals surface area (Å²) in [6, 6.07) is 6.69. The number of fused-ring (bicyclic) bond motifs is 1. The lowest BCUT2D eigenvalue weighted by atomic mass is 10.0. The summed E-state index contributed by atoms with van der Waals surface area (Å²) in [5.41, 5.74) is 0.943. The number of piperidine rings is 1. The minimum Gasteiger partial charge on any atom is -0.348 e. The molecule has 5 heteroatoms. The van der Waals surface area contributed by atoms with Crippen LogP contribution in [0.25, 0.3) is 10.2 Å². The highest BCUT2D eigenvalue weighted by Gasteiger charge is 2.22. The molecule has 0 aliphatic carbocycles. The molecule has 0 unspecified atom stereocenters. The summed E-state index contributed by atoms with van der Waals surface area (Å²) >= 11 is 7.94. The maximum Gasteiger partial charge on any atom is 0.186 e. The summed E-state index contributed by atoms with van der Waals surface area (Å²) in [5.74, 6) is 0. The predicted molar refractivity (Wildman–Crippen MR) is 83.6 cm³/mol. The van der Waals surface area contributed by atoms with Gasteiger partial charge in [-0.2, -0.15) is 0 Å². The van der Waals surface area contributed by atoms with E-state index >= 15 is 0 Å². The number of para-hydroxylation sites is 1. The van der Waals surface area contributed by atoms with Gasteiger partial charge in [0.1, 0.15) is 5.52 Å².